The number of ether oxygens (including phenoxy) is 1. The fraction of sp³-hybridized carbons (Fsp3) is 0.680. The van der Waals surface area contributed by atoms with Gasteiger partial charge in [0.1, 0.15) is 5.82 Å². The minimum Gasteiger partial charge on any atom is -0.381 e. The molecule has 1 aromatic carbocycles. The van der Waals surface area contributed by atoms with E-state index in [4.69, 9.17) is 4.74 Å². The van der Waals surface area contributed by atoms with Gasteiger partial charge in [0.25, 0.3) is 0 Å². The maximum atomic E-state index is 15.1. The van der Waals surface area contributed by atoms with Gasteiger partial charge in [-0.2, -0.15) is 0 Å². The Labute approximate surface area is 189 Å². The lowest BCUT2D eigenvalue weighted by Crippen LogP contribution is -2.55. The molecule has 5 rings (SSSR count). The van der Waals surface area contributed by atoms with Crippen molar-refractivity contribution in [2.75, 3.05) is 55.7 Å². The minimum atomic E-state index is -0.467. The van der Waals surface area contributed by atoms with Crippen molar-refractivity contribution < 1.29 is 18.7 Å². The summed E-state index contributed by atoms with van der Waals surface area (Å²) in [6.45, 7) is 5.04. The van der Waals surface area contributed by atoms with Crippen molar-refractivity contribution in [2.45, 2.75) is 51.4 Å². The van der Waals surface area contributed by atoms with Gasteiger partial charge in [0.2, 0.25) is 11.8 Å². The predicted octanol–water partition coefficient (Wildman–Crippen LogP) is 3.59. The zero-order valence-electron chi connectivity index (χ0n) is 18.9. The van der Waals surface area contributed by atoms with Crippen molar-refractivity contribution in [3.8, 4) is 0 Å². The number of benzene rings is 1. The number of hydrogen-bond donors (Lipinski definition) is 0. The van der Waals surface area contributed by atoms with Gasteiger partial charge in [-0.15, -0.1) is 0 Å². The maximum absolute atomic E-state index is 15.1. The number of piperidine rings is 2. The van der Waals surface area contributed by atoms with Crippen LogP contribution in [0.2, 0.25) is 0 Å². The van der Waals surface area contributed by atoms with Crippen molar-refractivity contribution in [3.05, 3.63) is 24.0 Å². The number of halogens is 1. The minimum absolute atomic E-state index is 0.0368. The fourth-order valence-corrected chi connectivity index (χ4v) is 6.01. The van der Waals surface area contributed by atoms with Gasteiger partial charge in [-0.05, 0) is 69.6 Å². The van der Waals surface area contributed by atoms with E-state index in [-0.39, 0.29) is 23.5 Å². The van der Waals surface area contributed by atoms with E-state index in [9.17, 15) is 9.59 Å². The lowest BCUT2D eigenvalue weighted by molar-refractivity contribution is -0.145. The van der Waals surface area contributed by atoms with Crippen LogP contribution in [0.5, 0.6) is 0 Å². The molecule has 4 fully saturated rings. The number of carbonyl (C=O) groups is 2. The molecule has 0 atom stereocenters. The number of rotatable bonds is 3. The smallest absolute Gasteiger partial charge is 0.233 e. The molecule has 4 heterocycles. The highest BCUT2D eigenvalue weighted by Crippen LogP contribution is 2.43. The van der Waals surface area contributed by atoms with Crippen LogP contribution >= 0.6 is 0 Å². The van der Waals surface area contributed by atoms with Crippen LogP contribution in [-0.4, -0.2) is 62.7 Å². The summed E-state index contributed by atoms with van der Waals surface area (Å²) in [6, 6.07) is 5.32. The highest BCUT2D eigenvalue weighted by Gasteiger charge is 2.47. The molecule has 2 amide bonds. The first-order valence-electron chi connectivity index (χ1n) is 12.3. The van der Waals surface area contributed by atoms with E-state index in [1.54, 1.807) is 17.0 Å². The largest absolute Gasteiger partial charge is 0.381 e. The Balaban J connectivity index is 1.27. The Hall–Kier alpha value is -2.15. The van der Waals surface area contributed by atoms with Gasteiger partial charge in [-0.25, -0.2) is 4.39 Å². The lowest BCUT2D eigenvalue weighted by Gasteiger charge is -2.47. The number of amides is 2. The zero-order chi connectivity index (χ0) is 22.1. The molecule has 0 unspecified atom stereocenters. The Morgan fingerprint density at radius 2 is 1.69 bits per heavy atom. The Morgan fingerprint density at radius 1 is 0.969 bits per heavy atom. The quantitative estimate of drug-likeness (QED) is 0.717. The van der Waals surface area contributed by atoms with Crippen LogP contribution in [0.25, 0.3) is 0 Å². The molecule has 6 nitrogen and oxygen atoms in total. The van der Waals surface area contributed by atoms with E-state index in [0.29, 0.717) is 51.4 Å². The molecule has 32 heavy (non-hydrogen) atoms. The van der Waals surface area contributed by atoms with Crippen LogP contribution in [0.4, 0.5) is 15.8 Å². The van der Waals surface area contributed by atoms with Crippen LogP contribution in [0.3, 0.4) is 0 Å². The summed E-state index contributed by atoms with van der Waals surface area (Å²) in [7, 11) is 0. The molecule has 0 N–H and O–H groups in total. The van der Waals surface area contributed by atoms with Crippen molar-refractivity contribution in [1.82, 2.24) is 4.90 Å². The first-order valence-corrected chi connectivity index (χ1v) is 12.3. The summed E-state index contributed by atoms with van der Waals surface area (Å²) in [5, 5.41) is 0. The monoisotopic (exact) mass is 443 g/mol. The van der Waals surface area contributed by atoms with Crippen molar-refractivity contribution in [1.29, 1.82) is 0 Å². The fourth-order valence-electron chi connectivity index (χ4n) is 6.01. The first-order chi connectivity index (χ1) is 15.6. The van der Waals surface area contributed by atoms with Crippen LogP contribution in [-0.2, 0) is 14.3 Å². The van der Waals surface area contributed by atoms with Crippen LogP contribution in [0, 0.1) is 17.2 Å². The molecule has 0 bridgehead atoms. The highest BCUT2D eigenvalue weighted by atomic mass is 19.1. The predicted molar refractivity (Wildman–Crippen MR) is 121 cm³/mol. The molecular formula is C25H34FN3O3. The third-order valence-corrected chi connectivity index (χ3v) is 8.03. The lowest BCUT2D eigenvalue weighted by atomic mass is 9.71. The van der Waals surface area contributed by atoms with Gasteiger partial charge in [0.05, 0.1) is 11.1 Å². The van der Waals surface area contributed by atoms with E-state index < -0.39 is 5.41 Å². The number of nitrogens with zero attached hydrogens (tertiary/aromatic N) is 3. The number of hydrogen-bond acceptors (Lipinski definition) is 4. The van der Waals surface area contributed by atoms with E-state index >= 15 is 4.39 Å². The van der Waals surface area contributed by atoms with Crippen LogP contribution in [0.1, 0.15) is 51.4 Å². The average Bonchev–Trinajstić information content (AvgIpc) is 3.37. The molecule has 174 valence electrons. The highest BCUT2D eigenvalue weighted by molar-refractivity contribution is 5.99. The third kappa shape index (κ3) is 4.00. The summed E-state index contributed by atoms with van der Waals surface area (Å²) in [5.41, 5.74) is 0.839. The van der Waals surface area contributed by atoms with E-state index in [0.717, 1.165) is 57.3 Å². The number of carbonyl (C=O) groups excluding carboxylic acids is 2. The second-order valence-electron chi connectivity index (χ2n) is 9.88. The molecule has 0 aliphatic carbocycles. The summed E-state index contributed by atoms with van der Waals surface area (Å²) < 4.78 is 20.5. The molecule has 4 aliphatic rings. The summed E-state index contributed by atoms with van der Waals surface area (Å²) in [6.07, 6.45) is 6.91. The molecule has 7 heteroatoms. The third-order valence-electron chi connectivity index (χ3n) is 8.03. The normalized spacial score (nSPS) is 24.4. The van der Waals surface area contributed by atoms with E-state index in [1.165, 1.54) is 0 Å². The van der Waals surface area contributed by atoms with Gasteiger partial charge >= 0.3 is 0 Å². The Bertz CT molecular complexity index is 856. The molecule has 1 spiro atoms. The molecule has 0 aromatic heterocycles. The Morgan fingerprint density at radius 3 is 2.38 bits per heavy atom. The second-order valence-corrected chi connectivity index (χ2v) is 9.88. The average molecular weight is 444 g/mol. The first kappa shape index (κ1) is 21.7. The molecule has 0 saturated carbocycles. The summed E-state index contributed by atoms with van der Waals surface area (Å²) >= 11 is 0. The summed E-state index contributed by atoms with van der Waals surface area (Å²) in [5.74, 6) is -0.00643. The van der Waals surface area contributed by atoms with Gasteiger partial charge in [0, 0.05) is 57.5 Å². The van der Waals surface area contributed by atoms with Crippen LogP contribution < -0.4 is 9.80 Å². The molecule has 0 radical (unpaired) electrons. The molecule has 4 saturated heterocycles. The van der Waals surface area contributed by atoms with E-state index in [1.807, 2.05) is 11.0 Å². The standard InChI is InChI=1S/C25H34FN3O3/c26-21-18-20(27-11-1-2-12-27)4-5-22(21)29-13-3-8-25(24(29)31)9-14-28(15-10-25)23(30)19-6-16-32-17-7-19/h4-5,18-19H,1-3,6-17H2. The molecular weight excluding hydrogens is 409 g/mol. The number of likely N-dealkylation sites (tertiary alicyclic amines) is 1. The van der Waals surface area contributed by atoms with Gasteiger partial charge < -0.3 is 19.4 Å². The number of anilines is 2. The van der Waals surface area contributed by atoms with Gasteiger partial charge in [-0.1, -0.05) is 0 Å². The zero-order valence-corrected chi connectivity index (χ0v) is 18.9. The van der Waals surface area contributed by atoms with Crippen LogP contribution in [0.15, 0.2) is 18.2 Å². The van der Waals surface area contributed by atoms with Crippen molar-refractivity contribution in [2.24, 2.45) is 11.3 Å². The summed E-state index contributed by atoms with van der Waals surface area (Å²) in [4.78, 5) is 32.3. The van der Waals surface area contributed by atoms with Gasteiger partial charge in [0.15, 0.2) is 0 Å². The van der Waals surface area contributed by atoms with Crippen molar-refractivity contribution in [3.63, 3.8) is 0 Å². The topological polar surface area (TPSA) is 53.1 Å². The Kier molecular flexibility index (Phi) is 6.10. The van der Waals surface area contributed by atoms with Crippen molar-refractivity contribution >= 4 is 23.2 Å². The van der Waals surface area contributed by atoms with E-state index in [2.05, 4.69) is 4.90 Å². The molecule has 1 aromatic rings. The second kappa shape index (κ2) is 9.00. The molecule has 4 aliphatic heterocycles. The SMILES string of the molecule is O=C(C1CCOCC1)N1CCC2(CCCN(c3ccc(N4CCCC4)cc3F)C2=O)CC1. The van der Waals surface area contributed by atoms with Gasteiger partial charge in [-0.3, -0.25) is 9.59 Å². The maximum Gasteiger partial charge on any atom is 0.233 e.